The fourth-order valence-corrected chi connectivity index (χ4v) is 2.70. The molecule has 0 fully saturated rings. The van der Waals surface area contributed by atoms with Crippen LogP contribution in [0.5, 0.6) is 0 Å². The molecule has 6 nitrogen and oxygen atoms in total. The fourth-order valence-electron chi connectivity index (χ4n) is 2.70. The zero-order valence-electron chi connectivity index (χ0n) is 14.5. The van der Waals surface area contributed by atoms with Gasteiger partial charge in [0.2, 0.25) is 0 Å². The first-order valence-corrected chi connectivity index (χ1v) is 8.16. The first-order chi connectivity index (χ1) is 12.2. The lowest BCUT2D eigenvalue weighted by atomic mass is 10.2. The van der Waals surface area contributed by atoms with E-state index in [9.17, 15) is 4.79 Å². The third kappa shape index (κ3) is 4.16. The highest BCUT2D eigenvalue weighted by molar-refractivity contribution is 5.92. The molecule has 0 spiro atoms. The number of methoxy groups -OCH3 is 1. The third-order valence-electron chi connectivity index (χ3n) is 4.08. The van der Waals surface area contributed by atoms with E-state index in [0.29, 0.717) is 13.2 Å². The SMILES string of the molecule is COCCn1ccc2ccc(NC(=O)N(C)Cc3ccncc3)cc21. The van der Waals surface area contributed by atoms with Crippen LogP contribution in [-0.2, 0) is 17.8 Å². The van der Waals surface area contributed by atoms with Gasteiger partial charge in [-0.2, -0.15) is 0 Å². The molecule has 1 aromatic carbocycles. The zero-order chi connectivity index (χ0) is 17.6. The number of anilines is 1. The smallest absolute Gasteiger partial charge is 0.321 e. The number of urea groups is 1. The number of carbonyl (C=O) groups excluding carboxylic acids is 1. The minimum atomic E-state index is -0.147. The highest BCUT2D eigenvalue weighted by Gasteiger charge is 2.10. The molecule has 2 amide bonds. The van der Waals surface area contributed by atoms with Crippen LogP contribution >= 0.6 is 0 Å². The second-order valence-electron chi connectivity index (χ2n) is 5.92. The van der Waals surface area contributed by atoms with Crippen LogP contribution in [0.4, 0.5) is 10.5 Å². The number of hydrogen-bond acceptors (Lipinski definition) is 3. The average Bonchev–Trinajstić information content (AvgIpc) is 3.03. The monoisotopic (exact) mass is 338 g/mol. The Morgan fingerprint density at radius 1 is 1.24 bits per heavy atom. The minimum Gasteiger partial charge on any atom is -0.383 e. The van der Waals surface area contributed by atoms with E-state index in [-0.39, 0.29) is 6.03 Å². The molecule has 0 aliphatic carbocycles. The maximum absolute atomic E-state index is 12.4. The number of carbonyl (C=O) groups is 1. The Balaban J connectivity index is 1.70. The van der Waals surface area contributed by atoms with Crippen LogP contribution < -0.4 is 5.32 Å². The highest BCUT2D eigenvalue weighted by Crippen LogP contribution is 2.21. The molecule has 0 saturated heterocycles. The van der Waals surface area contributed by atoms with E-state index in [0.717, 1.165) is 28.7 Å². The Bertz CT molecular complexity index is 845. The summed E-state index contributed by atoms with van der Waals surface area (Å²) in [7, 11) is 3.46. The first-order valence-electron chi connectivity index (χ1n) is 8.16. The molecule has 0 aliphatic rings. The summed E-state index contributed by atoms with van der Waals surface area (Å²) in [5, 5.41) is 4.09. The van der Waals surface area contributed by atoms with E-state index in [4.69, 9.17) is 4.74 Å². The number of fused-ring (bicyclic) bond motifs is 1. The van der Waals surface area contributed by atoms with E-state index in [1.165, 1.54) is 0 Å². The molecule has 3 aromatic rings. The molecule has 6 heteroatoms. The van der Waals surface area contributed by atoms with Crippen LogP contribution in [0.2, 0.25) is 0 Å². The summed E-state index contributed by atoms with van der Waals surface area (Å²) in [6, 6.07) is 11.6. The number of aromatic nitrogens is 2. The van der Waals surface area contributed by atoms with Gasteiger partial charge in [0.1, 0.15) is 0 Å². The standard InChI is InChI=1S/C19H22N4O2/c1-22(14-15-5-8-20-9-6-15)19(24)21-17-4-3-16-7-10-23(11-12-25-2)18(16)13-17/h3-10,13H,11-12,14H2,1-2H3,(H,21,24). The summed E-state index contributed by atoms with van der Waals surface area (Å²) < 4.78 is 7.27. The molecule has 0 bridgehead atoms. The van der Waals surface area contributed by atoms with Crippen LogP contribution in [0.1, 0.15) is 5.56 Å². The fraction of sp³-hybridized carbons (Fsp3) is 0.263. The van der Waals surface area contributed by atoms with Gasteiger partial charge < -0.3 is 19.5 Å². The molecule has 0 aliphatic heterocycles. The van der Waals surface area contributed by atoms with Crippen molar-refractivity contribution in [2.45, 2.75) is 13.1 Å². The zero-order valence-corrected chi connectivity index (χ0v) is 14.5. The molecule has 0 saturated carbocycles. The quantitative estimate of drug-likeness (QED) is 0.750. The highest BCUT2D eigenvalue weighted by atomic mass is 16.5. The minimum absolute atomic E-state index is 0.147. The van der Waals surface area contributed by atoms with Crippen molar-refractivity contribution < 1.29 is 9.53 Å². The summed E-state index contributed by atoms with van der Waals surface area (Å²) >= 11 is 0. The van der Waals surface area contributed by atoms with Crippen molar-refractivity contribution in [1.82, 2.24) is 14.5 Å². The van der Waals surface area contributed by atoms with Crippen molar-refractivity contribution in [1.29, 1.82) is 0 Å². The van der Waals surface area contributed by atoms with Crippen LogP contribution in [0.3, 0.4) is 0 Å². The predicted octanol–water partition coefficient (Wildman–Crippen LogP) is 3.35. The van der Waals surface area contributed by atoms with Crippen molar-refractivity contribution in [2.24, 2.45) is 0 Å². The molecular weight excluding hydrogens is 316 g/mol. The summed E-state index contributed by atoms with van der Waals surface area (Å²) in [6.45, 7) is 1.95. The predicted molar refractivity (Wildman–Crippen MR) is 98.5 cm³/mol. The van der Waals surface area contributed by atoms with E-state index in [2.05, 4.69) is 20.9 Å². The van der Waals surface area contributed by atoms with E-state index in [1.54, 1.807) is 31.5 Å². The summed E-state index contributed by atoms with van der Waals surface area (Å²) in [6.07, 6.45) is 5.48. The Hall–Kier alpha value is -2.86. The Morgan fingerprint density at radius 2 is 2.04 bits per heavy atom. The van der Waals surface area contributed by atoms with Crippen molar-refractivity contribution in [3.8, 4) is 0 Å². The van der Waals surface area contributed by atoms with Gasteiger partial charge >= 0.3 is 6.03 Å². The lowest BCUT2D eigenvalue weighted by Gasteiger charge is -2.18. The van der Waals surface area contributed by atoms with Gasteiger partial charge in [0.05, 0.1) is 12.1 Å². The molecule has 0 atom stereocenters. The van der Waals surface area contributed by atoms with Gasteiger partial charge in [-0.1, -0.05) is 6.07 Å². The maximum atomic E-state index is 12.4. The van der Waals surface area contributed by atoms with Crippen molar-refractivity contribution in [3.63, 3.8) is 0 Å². The summed E-state index contributed by atoms with van der Waals surface area (Å²) in [5.74, 6) is 0. The number of ether oxygens (including phenoxy) is 1. The summed E-state index contributed by atoms with van der Waals surface area (Å²) in [5.41, 5.74) is 2.89. The van der Waals surface area contributed by atoms with E-state index >= 15 is 0 Å². The van der Waals surface area contributed by atoms with Gasteiger partial charge in [-0.15, -0.1) is 0 Å². The van der Waals surface area contributed by atoms with E-state index < -0.39 is 0 Å². The van der Waals surface area contributed by atoms with Crippen molar-refractivity contribution in [2.75, 3.05) is 26.1 Å². The van der Waals surface area contributed by atoms with Crippen LogP contribution in [-0.4, -0.2) is 41.2 Å². The Labute approximate surface area is 147 Å². The number of amides is 2. The second-order valence-corrected chi connectivity index (χ2v) is 5.92. The van der Waals surface area contributed by atoms with Gasteiger partial charge in [0.25, 0.3) is 0 Å². The first kappa shape index (κ1) is 17.0. The van der Waals surface area contributed by atoms with Crippen LogP contribution in [0, 0.1) is 0 Å². The van der Waals surface area contributed by atoms with Crippen LogP contribution in [0.25, 0.3) is 10.9 Å². The van der Waals surface area contributed by atoms with Gasteiger partial charge in [0.15, 0.2) is 0 Å². The van der Waals surface area contributed by atoms with Crippen molar-refractivity contribution in [3.05, 3.63) is 60.6 Å². The topological polar surface area (TPSA) is 59.4 Å². The lowest BCUT2D eigenvalue weighted by molar-refractivity contribution is 0.188. The number of rotatable bonds is 6. The number of nitrogens with zero attached hydrogens (tertiary/aromatic N) is 3. The number of nitrogens with one attached hydrogen (secondary N) is 1. The maximum Gasteiger partial charge on any atom is 0.321 e. The molecule has 25 heavy (non-hydrogen) atoms. The normalized spacial score (nSPS) is 10.8. The number of hydrogen-bond donors (Lipinski definition) is 1. The van der Waals surface area contributed by atoms with Crippen molar-refractivity contribution >= 4 is 22.6 Å². The largest absolute Gasteiger partial charge is 0.383 e. The number of benzene rings is 1. The van der Waals surface area contributed by atoms with Gasteiger partial charge in [-0.25, -0.2) is 4.79 Å². The lowest BCUT2D eigenvalue weighted by Crippen LogP contribution is -2.30. The van der Waals surface area contributed by atoms with Crippen LogP contribution in [0.15, 0.2) is 55.0 Å². The molecule has 1 N–H and O–H groups in total. The molecule has 2 aromatic heterocycles. The Kier molecular flexibility index (Phi) is 5.30. The second kappa shape index (κ2) is 7.81. The van der Waals surface area contributed by atoms with Gasteiger partial charge in [-0.3, -0.25) is 4.98 Å². The van der Waals surface area contributed by atoms with E-state index in [1.807, 2.05) is 36.5 Å². The Morgan fingerprint density at radius 3 is 2.80 bits per heavy atom. The molecule has 2 heterocycles. The average molecular weight is 338 g/mol. The third-order valence-corrected chi connectivity index (χ3v) is 4.08. The molecular formula is C19H22N4O2. The molecule has 130 valence electrons. The number of pyridine rings is 1. The van der Waals surface area contributed by atoms with Gasteiger partial charge in [0, 0.05) is 51.5 Å². The summed E-state index contributed by atoms with van der Waals surface area (Å²) in [4.78, 5) is 18.1. The molecule has 0 unspecified atom stereocenters. The van der Waals surface area contributed by atoms with Gasteiger partial charge in [-0.05, 0) is 41.3 Å². The molecule has 3 rings (SSSR count). The molecule has 0 radical (unpaired) electrons.